The minimum Gasteiger partial charge on any atom is -0.491 e. The molecule has 3 aromatic rings. The predicted molar refractivity (Wildman–Crippen MR) is 116 cm³/mol. The largest absolute Gasteiger partial charge is 0.491 e. The minimum atomic E-state index is -1.01. The smallest absolute Gasteiger partial charge is 0.270 e. The Morgan fingerprint density at radius 2 is 1.80 bits per heavy atom. The van der Waals surface area contributed by atoms with Crippen molar-refractivity contribution in [2.45, 2.75) is 37.9 Å². The van der Waals surface area contributed by atoms with Crippen molar-refractivity contribution in [2.75, 3.05) is 19.7 Å². The molecule has 3 N–H and O–H groups in total. The van der Waals surface area contributed by atoms with E-state index in [-0.39, 0.29) is 18.9 Å². The first kappa shape index (κ1) is 20.4. The molecule has 0 saturated carbocycles. The van der Waals surface area contributed by atoms with Gasteiger partial charge in [-0.25, -0.2) is 0 Å². The monoisotopic (exact) mass is 408 g/mol. The number of aromatic amines is 1. The first-order valence-electron chi connectivity index (χ1n) is 10.6. The number of aryl methyl sites for hydroxylation is 1. The van der Waals surface area contributed by atoms with Crippen LogP contribution in [0.5, 0.6) is 5.75 Å². The Labute approximate surface area is 176 Å². The molecule has 1 aliphatic rings. The van der Waals surface area contributed by atoms with Crippen LogP contribution in [-0.4, -0.2) is 57.9 Å². The molecule has 4 rings (SSSR count). The summed E-state index contributed by atoms with van der Waals surface area (Å²) in [5.41, 5.74) is 2.55. The van der Waals surface area contributed by atoms with E-state index >= 15 is 0 Å². The van der Waals surface area contributed by atoms with E-state index < -0.39 is 12.2 Å². The van der Waals surface area contributed by atoms with Crippen molar-refractivity contribution in [3.63, 3.8) is 0 Å². The molecule has 0 bridgehead atoms. The highest BCUT2D eigenvalue weighted by Crippen LogP contribution is 2.22. The van der Waals surface area contributed by atoms with Gasteiger partial charge in [0.25, 0.3) is 5.91 Å². The average Bonchev–Trinajstić information content (AvgIpc) is 3.21. The maximum Gasteiger partial charge on any atom is 0.270 e. The Morgan fingerprint density at radius 3 is 2.67 bits per heavy atom. The number of hydrogen-bond donors (Lipinski definition) is 3. The fourth-order valence-electron chi connectivity index (χ4n) is 3.91. The van der Waals surface area contributed by atoms with E-state index in [2.05, 4.69) is 4.98 Å². The number of nitrogens with zero attached hydrogens (tertiary/aromatic N) is 1. The summed E-state index contributed by atoms with van der Waals surface area (Å²) in [6.07, 6.45) is 0.919. The fourth-order valence-corrected chi connectivity index (χ4v) is 3.91. The third-order valence-electron chi connectivity index (χ3n) is 5.69. The van der Waals surface area contributed by atoms with Crippen molar-refractivity contribution in [1.29, 1.82) is 0 Å². The summed E-state index contributed by atoms with van der Waals surface area (Å²) >= 11 is 0. The zero-order chi connectivity index (χ0) is 20.9. The first-order valence-corrected chi connectivity index (χ1v) is 10.6. The van der Waals surface area contributed by atoms with E-state index in [1.165, 1.54) is 0 Å². The summed E-state index contributed by atoms with van der Waals surface area (Å²) in [5, 5.41) is 21.7. The van der Waals surface area contributed by atoms with Crippen LogP contribution < -0.4 is 4.74 Å². The third kappa shape index (κ3) is 4.66. The number of aromatic nitrogens is 1. The standard InChI is InChI=1S/C24H28N2O4/c27-21-12-14-26(24(29)20-15-18-9-1-3-10-19(18)25-20)13-6-5-8-17-7-2-4-11-23(17)30-16-22(21)28/h1-4,7,9-11,15,21-22,25,27-28H,5-6,8,12-14,16H2/t21-,22+/m0/s1. The second kappa shape index (κ2) is 9.32. The van der Waals surface area contributed by atoms with Gasteiger partial charge in [0, 0.05) is 24.0 Å². The molecule has 30 heavy (non-hydrogen) atoms. The van der Waals surface area contributed by atoms with Gasteiger partial charge in [-0.2, -0.15) is 0 Å². The number of ether oxygens (including phenoxy) is 1. The quantitative estimate of drug-likeness (QED) is 0.577. The zero-order valence-electron chi connectivity index (χ0n) is 17.0. The van der Waals surface area contributed by atoms with Crippen molar-refractivity contribution >= 4 is 16.8 Å². The van der Waals surface area contributed by atoms with E-state index in [0.29, 0.717) is 18.8 Å². The molecule has 2 heterocycles. The van der Waals surface area contributed by atoms with Gasteiger partial charge in [-0.15, -0.1) is 0 Å². The average molecular weight is 408 g/mol. The lowest BCUT2D eigenvalue weighted by Gasteiger charge is -2.25. The summed E-state index contributed by atoms with van der Waals surface area (Å²) in [6, 6.07) is 17.5. The highest BCUT2D eigenvalue weighted by molar-refractivity contribution is 5.98. The number of hydrogen-bond acceptors (Lipinski definition) is 4. The van der Waals surface area contributed by atoms with Crippen LogP contribution in [0.25, 0.3) is 10.9 Å². The van der Waals surface area contributed by atoms with Crippen LogP contribution in [0.2, 0.25) is 0 Å². The van der Waals surface area contributed by atoms with Gasteiger partial charge in [-0.05, 0) is 49.4 Å². The van der Waals surface area contributed by atoms with E-state index in [4.69, 9.17) is 4.74 Å². The number of rotatable bonds is 1. The molecule has 2 aromatic carbocycles. The molecule has 0 fully saturated rings. The van der Waals surface area contributed by atoms with Crippen molar-refractivity contribution in [3.05, 3.63) is 65.9 Å². The summed E-state index contributed by atoms with van der Waals surface area (Å²) < 4.78 is 5.77. The Bertz CT molecular complexity index is 967. The van der Waals surface area contributed by atoms with Crippen molar-refractivity contribution in [2.24, 2.45) is 0 Å². The van der Waals surface area contributed by atoms with Crippen LogP contribution in [0.4, 0.5) is 0 Å². The summed E-state index contributed by atoms with van der Waals surface area (Å²) in [4.78, 5) is 18.1. The Kier molecular flexibility index (Phi) is 6.35. The van der Waals surface area contributed by atoms with Gasteiger partial charge in [0.05, 0.1) is 6.10 Å². The topological polar surface area (TPSA) is 85.8 Å². The van der Waals surface area contributed by atoms with Gasteiger partial charge in [-0.1, -0.05) is 36.4 Å². The normalized spacial score (nSPS) is 21.1. The van der Waals surface area contributed by atoms with Crippen molar-refractivity contribution in [1.82, 2.24) is 9.88 Å². The van der Waals surface area contributed by atoms with E-state index in [1.807, 2.05) is 54.6 Å². The van der Waals surface area contributed by atoms with Crippen molar-refractivity contribution in [3.8, 4) is 5.75 Å². The first-order chi connectivity index (χ1) is 14.6. The second-order valence-electron chi connectivity index (χ2n) is 7.86. The molecule has 0 unspecified atom stereocenters. The number of H-pyrrole nitrogens is 1. The minimum absolute atomic E-state index is 0.0220. The Hall–Kier alpha value is -2.83. The van der Waals surface area contributed by atoms with Crippen LogP contribution in [-0.2, 0) is 6.42 Å². The second-order valence-corrected chi connectivity index (χ2v) is 7.86. The lowest BCUT2D eigenvalue weighted by atomic mass is 10.1. The lowest BCUT2D eigenvalue weighted by molar-refractivity contribution is -0.0150. The number of nitrogens with one attached hydrogen (secondary N) is 1. The number of carbonyl (C=O) groups is 1. The molecule has 1 aromatic heterocycles. The van der Waals surface area contributed by atoms with Gasteiger partial charge < -0.3 is 24.8 Å². The highest BCUT2D eigenvalue weighted by Gasteiger charge is 2.23. The number of aliphatic hydroxyl groups is 2. The van der Waals surface area contributed by atoms with Crippen LogP contribution in [0.3, 0.4) is 0 Å². The van der Waals surface area contributed by atoms with Gasteiger partial charge in [-0.3, -0.25) is 4.79 Å². The van der Waals surface area contributed by atoms with Gasteiger partial charge in [0.2, 0.25) is 0 Å². The molecule has 0 radical (unpaired) electrons. The third-order valence-corrected chi connectivity index (χ3v) is 5.69. The number of carbonyl (C=O) groups excluding carboxylic acids is 1. The zero-order valence-corrected chi connectivity index (χ0v) is 17.0. The molecule has 6 nitrogen and oxygen atoms in total. The van der Waals surface area contributed by atoms with Crippen molar-refractivity contribution < 1.29 is 19.7 Å². The van der Waals surface area contributed by atoms with E-state index in [0.717, 1.165) is 41.5 Å². The molecule has 2 atom stereocenters. The number of aliphatic hydroxyl groups excluding tert-OH is 2. The number of amides is 1. The maximum absolute atomic E-state index is 13.2. The number of fused-ring (bicyclic) bond motifs is 2. The highest BCUT2D eigenvalue weighted by atomic mass is 16.5. The Balaban J connectivity index is 1.52. The fraction of sp³-hybridized carbons (Fsp3) is 0.375. The van der Waals surface area contributed by atoms with E-state index in [1.54, 1.807) is 4.90 Å². The van der Waals surface area contributed by atoms with Gasteiger partial charge in [0.15, 0.2) is 0 Å². The van der Waals surface area contributed by atoms with Gasteiger partial charge >= 0.3 is 0 Å². The SMILES string of the molecule is O=C(c1cc2ccccc2[nH]1)N1CCCCc2ccccc2OC[C@@H](O)[C@@H](O)CC1. The number of para-hydroxylation sites is 2. The van der Waals surface area contributed by atoms with Crippen LogP contribution in [0.15, 0.2) is 54.6 Å². The lowest BCUT2D eigenvalue weighted by Crippen LogP contribution is -2.38. The molecule has 6 heteroatoms. The molecule has 0 spiro atoms. The van der Waals surface area contributed by atoms with Crippen LogP contribution in [0, 0.1) is 0 Å². The molecular formula is C24H28N2O4. The molecular weight excluding hydrogens is 380 g/mol. The molecule has 1 aliphatic heterocycles. The Morgan fingerprint density at radius 1 is 1.00 bits per heavy atom. The molecule has 0 saturated heterocycles. The predicted octanol–water partition coefficient (Wildman–Crippen LogP) is 3.14. The van der Waals surface area contributed by atoms with Crippen LogP contribution in [0.1, 0.15) is 35.3 Å². The maximum atomic E-state index is 13.2. The van der Waals surface area contributed by atoms with E-state index in [9.17, 15) is 15.0 Å². The summed E-state index contributed by atoms with van der Waals surface area (Å²) in [6.45, 7) is 0.994. The molecule has 158 valence electrons. The summed E-state index contributed by atoms with van der Waals surface area (Å²) in [5.74, 6) is 0.661. The van der Waals surface area contributed by atoms with Gasteiger partial charge in [0.1, 0.15) is 24.2 Å². The molecule has 1 amide bonds. The summed E-state index contributed by atoms with van der Waals surface area (Å²) in [7, 11) is 0. The van der Waals surface area contributed by atoms with Crippen LogP contribution >= 0.6 is 0 Å². The number of benzene rings is 2. The molecule has 0 aliphatic carbocycles.